The van der Waals surface area contributed by atoms with Crippen LogP contribution in [0.3, 0.4) is 0 Å². The molecule has 0 unspecified atom stereocenters. The summed E-state index contributed by atoms with van der Waals surface area (Å²) in [4.78, 5) is 15.3. The summed E-state index contributed by atoms with van der Waals surface area (Å²) in [7, 11) is 0. The highest BCUT2D eigenvalue weighted by molar-refractivity contribution is 7.80. The zero-order valence-corrected chi connectivity index (χ0v) is 14.8. The molecule has 1 heterocycles. The highest BCUT2D eigenvalue weighted by Gasteiger charge is 2.16. The molecule has 1 saturated heterocycles. The van der Waals surface area contributed by atoms with Gasteiger partial charge in [-0.05, 0) is 55.7 Å². The number of nitrogens with zero attached hydrogens (tertiary/aromatic N) is 1. The first-order valence-corrected chi connectivity index (χ1v) is 8.80. The molecular formula is C19H18ClNO2S. The topological polar surface area (TPSA) is 29.5 Å². The summed E-state index contributed by atoms with van der Waals surface area (Å²) < 4.78 is 5.38. The van der Waals surface area contributed by atoms with Crippen LogP contribution in [0.15, 0.2) is 48.5 Å². The third-order valence-electron chi connectivity index (χ3n) is 4.05. The number of piperidine rings is 1. The Labute approximate surface area is 152 Å². The van der Waals surface area contributed by atoms with Gasteiger partial charge in [-0.15, -0.1) is 0 Å². The van der Waals surface area contributed by atoms with E-state index in [1.165, 1.54) is 19.3 Å². The van der Waals surface area contributed by atoms with Crippen molar-refractivity contribution < 1.29 is 9.53 Å². The van der Waals surface area contributed by atoms with Crippen LogP contribution in [0, 0.1) is 0 Å². The molecular weight excluding hydrogens is 342 g/mol. The maximum atomic E-state index is 12.2. The molecule has 1 fully saturated rings. The van der Waals surface area contributed by atoms with Crippen LogP contribution < -0.4 is 4.74 Å². The van der Waals surface area contributed by atoms with Gasteiger partial charge in [0.2, 0.25) is 0 Å². The smallest absolute Gasteiger partial charge is 0.345 e. The molecule has 24 heavy (non-hydrogen) atoms. The van der Waals surface area contributed by atoms with Gasteiger partial charge in [-0.25, -0.2) is 4.79 Å². The predicted octanol–water partition coefficient (Wildman–Crippen LogP) is 4.72. The van der Waals surface area contributed by atoms with Gasteiger partial charge in [0.05, 0.1) is 10.6 Å². The highest BCUT2D eigenvalue weighted by Crippen LogP contribution is 2.20. The molecule has 2 aromatic rings. The average molecular weight is 360 g/mol. The van der Waals surface area contributed by atoms with Crippen molar-refractivity contribution in [3.05, 3.63) is 64.7 Å². The SMILES string of the molecule is O=C(Oc1ccc(C(=S)N2CCCCC2)cc1)c1ccccc1Cl. The van der Waals surface area contributed by atoms with E-state index in [0.29, 0.717) is 16.3 Å². The lowest BCUT2D eigenvalue weighted by atomic mass is 10.1. The van der Waals surface area contributed by atoms with E-state index in [1.807, 2.05) is 12.1 Å². The van der Waals surface area contributed by atoms with Crippen LogP contribution in [0.4, 0.5) is 0 Å². The van der Waals surface area contributed by atoms with Crippen LogP contribution in [-0.2, 0) is 0 Å². The van der Waals surface area contributed by atoms with Gasteiger partial charge in [-0.2, -0.15) is 0 Å². The maximum Gasteiger partial charge on any atom is 0.345 e. The van der Waals surface area contributed by atoms with Crippen molar-refractivity contribution in [2.75, 3.05) is 13.1 Å². The Morgan fingerprint density at radius 1 is 1.00 bits per heavy atom. The first-order valence-electron chi connectivity index (χ1n) is 8.01. The van der Waals surface area contributed by atoms with Crippen LogP contribution >= 0.6 is 23.8 Å². The summed E-state index contributed by atoms with van der Waals surface area (Å²) in [6.45, 7) is 2.03. The third-order valence-corrected chi connectivity index (χ3v) is 4.87. The van der Waals surface area contributed by atoms with Crippen molar-refractivity contribution >= 4 is 34.8 Å². The summed E-state index contributed by atoms with van der Waals surface area (Å²) in [5.74, 6) is 0.0112. The van der Waals surface area contributed by atoms with Crippen molar-refractivity contribution in [3.8, 4) is 5.75 Å². The Kier molecular flexibility index (Phi) is 5.48. The van der Waals surface area contributed by atoms with Gasteiger partial charge in [-0.1, -0.05) is 36.0 Å². The van der Waals surface area contributed by atoms with Crippen LogP contribution in [0.1, 0.15) is 35.2 Å². The molecule has 0 N–H and O–H groups in total. The van der Waals surface area contributed by atoms with Crippen LogP contribution in [0.5, 0.6) is 5.75 Å². The molecule has 124 valence electrons. The van der Waals surface area contributed by atoms with E-state index in [4.69, 9.17) is 28.6 Å². The number of rotatable bonds is 3. The van der Waals surface area contributed by atoms with E-state index in [1.54, 1.807) is 36.4 Å². The van der Waals surface area contributed by atoms with E-state index < -0.39 is 5.97 Å². The first-order chi connectivity index (χ1) is 11.6. The Hall–Kier alpha value is -1.91. The molecule has 0 aromatic heterocycles. The van der Waals surface area contributed by atoms with Crippen molar-refractivity contribution in [3.63, 3.8) is 0 Å². The van der Waals surface area contributed by atoms with Crippen molar-refractivity contribution in [2.24, 2.45) is 0 Å². The Morgan fingerprint density at radius 3 is 2.33 bits per heavy atom. The molecule has 0 radical (unpaired) electrons. The zero-order valence-electron chi connectivity index (χ0n) is 13.2. The Morgan fingerprint density at radius 2 is 1.67 bits per heavy atom. The minimum Gasteiger partial charge on any atom is -0.423 e. The van der Waals surface area contributed by atoms with E-state index in [9.17, 15) is 4.79 Å². The number of thiocarbonyl (C=S) groups is 1. The average Bonchev–Trinajstić information content (AvgIpc) is 2.63. The molecule has 0 spiro atoms. The number of carbonyl (C=O) groups excluding carboxylic acids is 1. The first kappa shape index (κ1) is 16.9. The van der Waals surface area contributed by atoms with E-state index in [0.717, 1.165) is 23.6 Å². The van der Waals surface area contributed by atoms with Crippen molar-refractivity contribution in [2.45, 2.75) is 19.3 Å². The lowest BCUT2D eigenvalue weighted by Gasteiger charge is -2.29. The molecule has 0 aliphatic carbocycles. The monoisotopic (exact) mass is 359 g/mol. The number of halogens is 1. The lowest BCUT2D eigenvalue weighted by molar-refractivity contribution is 0.0735. The predicted molar refractivity (Wildman–Crippen MR) is 100.0 cm³/mol. The number of hydrogen-bond acceptors (Lipinski definition) is 3. The summed E-state index contributed by atoms with van der Waals surface area (Å²) >= 11 is 11.6. The maximum absolute atomic E-state index is 12.2. The van der Waals surface area contributed by atoms with Gasteiger partial charge in [0, 0.05) is 18.7 Å². The largest absolute Gasteiger partial charge is 0.423 e. The number of ether oxygens (including phenoxy) is 1. The molecule has 1 aliphatic heterocycles. The second-order valence-electron chi connectivity index (χ2n) is 5.75. The minimum absolute atomic E-state index is 0.354. The highest BCUT2D eigenvalue weighted by atomic mass is 35.5. The molecule has 3 rings (SSSR count). The minimum atomic E-state index is -0.466. The Bertz CT molecular complexity index is 739. The van der Waals surface area contributed by atoms with Gasteiger partial charge in [0.15, 0.2) is 0 Å². The van der Waals surface area contributed by atoms with Crippen LogP contribution in [0.25, 0.3) is 0 Å². The van der Waals surface area contributed by atoms with E-state index >= 15 is 0 Å². The van der Waals surface area contributed by atoms with Crippen LogP contribution in [0.2, 0.25) is 5.02 Å². The fourth-order valence-electron chi connectivity index (χ4n) is 2.73. The summed E-state index contributed by atoms with van der Waals surface area (Å²) in [6.07, 6.45) is 3.65. The molecule has 0 saturated carbocycles. The number of likely N-dealkylation sites (tertiary alicyclic amines) is 1. The van der Waals surface area contributed by atoms with Crippen molar-refractivity contribution in [1.29, 1.82) is 0 Å². The quantitative estimate of drug-likeness (QED) is 0.450. The molecule has 3 nitrogen and oxygen atoms in total. The van der Waals surface area contributed by atoms with Gasteiger partial charge in [0.1, 0.15) is 10.7 Å². The van der Waals surface area contributed by atoms with Gasteiger partial charge >= 0.3 is 5.97 Å². The number of esters is 1. The zero-order chi connectivity index (χ0) is 16.9. The second-order valence-corrected chi connectivity index (χ2v) is 6.54. The molecule has 0 bridgehead atoms. The normalized spacial score (nSPS) is 14.3. The molecule has 5 heteroatoms. The van der Waals surface area contributed by atoms with Crippen molar-refractivity contribution in [1.82, 2.24) is 4.90 Å². The lowest BCUT2D eigenvalue weighted by Crippen LogP contribution is -2.34. The number of benzene rings is 2. The number of carbonyl (C=O) groups is 1. The molecule has 2 aromatic carbocycles. The summed E-state index contributed by atoms with van der Waals surface area (Å²) in [6, 6.07) is 14.2. The second kappa shape index (κ2) is 7.77. The molecule has 0 atom stereocenters. The molecule has 0 amide bonds. The molecule has 1 aliphatic rings. The third kappa shape index (κ3) is 3.94. The van der Waals surface area contributed by atoms with E-state index in [-0.39, 0.29) is 0 Å². The Balaban J connectivity index is 1.67. The fraction of sp³-hybridized carbons (Fsp3) is 0.263. The van der Waals surface area contributed by atoms with Gasteiger partial charge in [-0.3, -0.25) is 0 Å². The standard InChI is InChI=1S/C19H18ClNO2S/c20-17-7-3-2-6-16(17)19(22)23-15-10-8-14(9-11-15)18(24)21-12-4-1-5-13-21/h2-3,6-11H,1,4-5,12-13H2. The summed E-state index contributed by atoms with van der Waals surface area (Å²) in [5.41, 5.74) is 1.33. The number of hydrogen-bond donors (Lipinski definition) is 0. The summed E-state index contributed by atoms with van der Waals surface area (Å²) in [5, 5.41) is 0.380. The van der Waals surface area contributed by atoms with E-state index in [2.05, 4.69) is 4.90 Å². The van der Waals surface area contributed by atoms with Gasteiger partial charge < -0.3 is 9.64 Å². The fourth-order valence-corrected chi connectivity index (χ4v) is 3.27. The van der Waals surface area contributed by atoms with Crippen LogP contribution in [-0.4, -0.2) is 28.9 Å². The van der Waals surface area contributed by atoms with Gasteiger partial charge in [0.25, 0.3) is 0 Å².